The van der Waals surface area contributed by atoms with Gasteiger partial charge in [-0.25, -0.2) is 0 Å². The minimum absolute atomic E-state index is 0.192. The zero-order chi connectivity index (χ0) is 17.2. The van der Waals surface area contributed by atoms with E-state index in [1.165, 1.54) is 12.8 Å². The quantitative estimate of drug-likeness (QED) is 0.240. The minimum atomic E-state index is -0.685. The lowest BCUT2D eigenvalue weighted by atomic mass is 10.1. The smallest absolute Gasteiger partial charge is 0.303 e. The van der Waals surface area contributed by atoms with E-state index >= 15 is 0 Å². The second kappa shape index (κ2) is 17.0. The van der Waals surface area contributed by atoms with Crippen LogP contribution in [0.2, 0.25) is 0 Å². The molecule has 1 atom stereocenters. The molecule has 0 aromatic rings. The number of aliphatic carboxylic acids is 1. The van der Waals surface area contributed by atoms with Crippen molar-refractivity contribution in [3.63, 3.8) is 0 Å². The fourth-order valence-corrected chi connectivity index (χ4v) is 2.31. The zero-order valence-electron chi connectivity index (χ0n) is 14.9. The summed E-state index contributed by atoms with van der Waals surface area (Å²) in [4.78, 5) is 10.4. The Balaban J connectivity index is 3.61. The van der Waals surface area contributed by atoms with Gasteiger partial charge in [0.1, 0.15) is 0 Å². The van der Waals surface area contributed by atoms with Gasteiger partial charge in [-0.1, -0.05) is 75.5 Å². The van der Waals surface area contributed by atoms with Gasteiger partial charge < -0.3 is 9.84 Å². The molecule has 0 aliphatic rings. The number of carboxylic acid groups (broad SMARTS) is 1. The number of rotatable bonds is 15. The molecular weight excluding hydrogens is 288 g/mol. The highest BCUT2D eigenvalue weighted by Gasteiger charge is 2.02. The number of methoxy groups -OCH3 is 1. The highest BCUT2D eigenvalue weighted by atomic mass is 16.5. The molecule has 3 nitrogen and oxygen atoms in total. The van der Waals surface area contributed by atoms with Crippen molar-refractivity contribution in [1.82, 2.24) is 0 Å². The van der Waals surface area contributed by atoms with Gasteiger partial charge in [-0.2, -0.15) is 0 Å². The lowest BCUT2D eigenvalue weighted by Crippen LogP contribution is -2.06. The van der Waals surface area contributed by atoms with Gasteiger partial charge in [-0.15, -0.1) is 0 Å². The van der Waals surface area contributed by atoms with E-state index in [4.69, 9.17) is 9.84 Å². The summed E-state index contributed by atoms with van der Waals surface area (Å²) in [6.45, 7) is 2.14. The standard InChI is InChI=1S/C20H34O3/c1-3-4-5-6-7-10-13-16-19(23-2)17-14-11-8-9-12-15-18-20(21)22/h4-5,7,10,13,16,19H,3,6,8-9,11-12,14-15,17-18H2,1-2H3,(H,21,22). The van der Waals surface area contributed by atoms with E-state index in [9.17, 15) is 4.79 Å². The first-order valence-electron chi connectivity index (χ1n) is 8.93. The number of hydrogen-bond donors (Lipinski definition) is 1. The van der Waals surface area contributed by atoms with Gasteiger partial charge in [0.05, 0.1) is 6.10 Å². The van der Waals surface area contributed by atoms with Gasteiger partial charge in [0, 0.05) is 13.5 Å². The molecule has 23 heavy (non-hydrogen) atoms. The van der Waals surface area contributed by atoms with Crippen molar-refractivity contribution < 1.29 is 14.6 Å². The molecule has 1 N–H and O–H groups in total. The highest BCUT2D eigenvalue weighted by Crippen LogP contribution is 2.11. The van der Waals surface area contributed by atoms with Crippen molar-refractivity contribution in [1.29, 1.82) is 0 Å². The van der Waals surface area contributed by atoms with Crippen LogP contribution in [0.1, 0.15) is 71.1 Å². The van der Waals surface area contributed by atoms with E-state index in [-0.39, 0.29) is 6.10 Å². The first-order chi connectivity index (χ1) is 11.2. The van der Waals surface area contributed by atoms with Crippen molar-refractivity contribution in [3.05, 3.63) is 36.5 Å². The maximum absolute atomic E-state index is 10.4. The third-order valence-electron chi connectivity index (χ3n) is 3.68. The third kappa shape index (κ3) is 16.8. The molecule has 0 heterocycles. The van der Waals surface area contributed by atoms with Gasteiger partial charge in [-0.3, -0.25) is 4.79 Å². The van der Waals surface area contributed by atoms with Crippen LogP contribution in [-0.4, -0.2) is 24.3 Å². The number of unbranched alkanes of at least 4 members (excludes halogenated alkanes) is 5. The van der Waals surface area contributed by atoms with E-state index < -0.39 is 5.97 Å². The Kier molecular flexibility index (Phi) is 16.0. The molecule has 0 aromatic carbocycles. The molecule has 0 aromatic heterocycles. The number of hydrogen-bond acceptors (Lipinski definition) is 2. The summed E-state index contributed by atoms with van der Waals surface area (Å²) in [5, 5.41) is 8.56. The van der Waals surface area contributed by atoms with Crippen LogP contribution in [0.15, 0.2) is 36.5 Å². The average Bonchev–Trinajstić information content (AvgIpc) is 2.54. The molecule has 0 rings (SSSR count). The number of carboxylic acids is 1. The van der Waals surface area contributed by atoms with E-state index in [0.717, 1.165) is 44.9 Å². The molecule has 1 unspecified atom stereocenters. The Hall–Kier alpha value is -1.35. The molecule has 0 radical (unpaired) electrons. The molecule has 132 valence electrons. The van der Waals surface area contributed by atoms with E-state index in [1.54, 1.807) is 7.11 Å². The van der Waals surface area contributed by atoms with Gasteiger partial charge in [0.15, 0.2) is 0 Å². The fourth-order valence-electron chi connectivity index (χ4n) is 2.31. The van der Waals surface area contributed by atoms with Crippen LogP contribution in [0, 0.1) is 0 Å². The SMILES string of the molecule is CCC=CCC=CC=CC(CCCCCCCCC(=O)O)OC. The molecule has 3 heteroatoms. The van der Waals surface area contributed by atoms with E-state index in [0.29, 0.717) is 6.42 Å². The Morgan fingerprint density at radius 3 is 2.35 bits per heavy atom. The van der Waals surface area contributed by atoms with Crippen LogP contribution >= 0.6 is 0 Å². The number of allylic oxidation sites excluding steroid dienone is 5. The molecule has 0 spiro atoms. The fraction of sp³-hybridized carbons (Fsp3) is 0.650. The van der Waals surface area contributed by atoms with Crippen molar-refractivity contribution >= 4 is 5.97 Å². The van der Waals surface area contributed by atoms with Crippen LogP contribution in [0.25, 0.3) is 0 Å². The van der Waals surface area contributed by atoms with Crippen LogP contribution in [0.5, 0.6) is 0 Å². The minimum Gasteiger partial charge on any atom is -0.481 e. The Labute approximate surface area is 142 Å². The molecular formula is C20H34O3. The van der Waals surface area contributed by atoms with Gasteiger partial charge in [0.2, 0.25) is 0 Å². The van der Waals surface area contributed by atoms with Gasteiger partial charge in [0.25, 0.3) is 0 Å². The summed E-state index contributed by atoms with van der Waals surface area (Å²) in [5.74, 6) is -0.685. The Bertz CT molecular complexity index is 356. The Morgan fingerprint density at radius 2 is 1.70 bits per heavy atom. The maximum Gasteiger partial charge on any atom is 0.303 e. The molecule has 0 aliphatic carbocycles. The van der Waals surface area contributed by atoms with Crippen LogP contribution in [0.3, 0.4) is 0 Å². The highest BCUT2D eigenvalue weighted by molar-refractivity contribution is 5.66. The lowest BCUT2D eigenvalue weighted by Gasteiger charge is -2.10. The Morgan fingerprint density at radius 1 is 1.00 bits per heavy atom. The first-order valence-corrected chi connectivity index (χ1v) is 8.93. The monoisotopic (exact) mass is 322 g/mol. The molecule has 0 fully saturated rings. The lowest BCUT2D eigenvalue weighted by molar-refractivity contribution is -0.137. The largest absolute Gasteiger partial charge is 0.481 e. The van der Waals surface area contributed by atoms with Crippen molar-refractivity contribution in [2.45, 2.75) is 77.2 Å². The van der Waals surface area contributed by atoms with Crippen LogP contribution in [0.4, 0.5) is 0 Å². The van der Waals surface area contributed by atoms with E-state index in [1.807, 2.05) is 0 Å². The molecule has 0 aliphatic heterocycles. The molecule has 0 bridgehead atoms. The van der Waals surface area contributed by atoms with E-state index in [2.05, 4.69) is 43.4 Å². The van der Waals surface area contributed by atoms with Crippen molar-refractivity contribution in [2.75, 3.05) is 7.11 Å². The summed E-state index contributed by atoms with van der Waals surface area (Å²) >= 11 is 0. The summed E-state index contributed by atoms with van der Waals surface area (Å²) in [5.41, 5.74) is 0. The number of carbonyl (C=O) groups is 1. The predicted octanol–water partition coefficient (Wildman–Crippen LogP) is 5.68. The van der Waals surface area contributed by atoms with Gasteiger partial charge >= 0.3 is 5.97 Å². The number of ether oxygens (including phenoxy) is 1. The second-order valence-corrected chi connectivity index (χ2v) is 5.76. The van der Waals surface area contributed by atoms with Crippen molar-refractivity contribution in [2.24, 2.45) is 0 Å². The summed E-state index contributed by atoms with van der Waals surface area (Å²) in [6.07, 6.45) is 22.9. The second-order valence-electron chi connectivity index (χ2n) is 5.76. The van der Waals surface area contributed by atoms with Crippen LogP contribution < -0.4 is 0 Å². The zero-order valence-corrected chi connectivity index (χ0v) is 14.9. The summed E-state index contributed by atoms with van der Waals surface area (Å²) < 4.78 is 5.47. The average molecular weight is 322 g/mol. The first kappa shape index (κ1) is 21.6. The topological polar surface area (TPSA) is 46.5 Å². The van der Waals surface area contributed by atoms with Crippen molar-refractivity contribution in [3.8, 4) is 0 Å². The molecule has 0 saturated heterocycles. The van der Waals surface area contributed by atoms with Gasteiger partial charge in [-0.05, 0) is 25.7 Å². The normalized spacial score (nSPS) is 13.5. The summed E-state index contributed by atoms with van der Waals surface area (Å²) in [6, 6.07) is 0. The third-order valence-corrected chi connectivity index (χ3v) is 3.68. The van der Waals surface area contributed by atoms with Crippen LogP contribution in [-0.2, 0) is 9.53 Å². The molecule has 0 amide bonds. The predicted molar refractivity (Wildman–Crippen MR) is 97.7 cm³/mol. The molecule has 0 saturated carbocycles. The summed E-state index contributed by atoms with van der Waals surface area (Å²) in [7, 11) is 1.76. The maximum atomic E-state index is 10.4.